The number of hydrogen-bond donors (Lipinski definition) is 1. The van der Waals surface area contributed by atoms with Crippen LogP contribution >= 0.6 is 15.9 Å². The van der Waals surface area contributed by atoms with Crippen LogP contribution in [-0.2, 0) is 11.3 Å². The van der Waals surface area contributed by atoms with Gasteiger partial charge in [0.1, 0.15) is 5.76 Å². The van der Waals surface area contributed by atoms with Crippen LogP contribution in [0.5, 0.6) is 0 Å². The lowest BCUT2D eigenvalue weighted by Crippen LogP contribution is -2.37. The second-order valence-electron chi connectivity index (χ2n) is 4.08. The third kappa shape index (κ3) is 4.28. The van der Waals surface area contributed by atoms with Gasteiger partial charge in [0.2, 0.25) is 0 Å². The number of hydrogen-bond acceptors (Lipinski definition) is 3. The molecule has 16 heavy (non-hydrogen) atoms. The molecule has 0 saturated heterocycles. The monoisotopic (exact) mass is 289 g/mol. The van der Waals surface area contributed by atoms with E-state index >= 15 is 0 Å². The fraction of sp³-hybridized carbons (Fsp3) is 0.667. The first-order chi connectivity index (χ1) is 7.65. The van der Waals surface area contributed by atoms with E-state index in [0.717, 1.165) is 30.0 Å². The third-order valence-electron chi connectivity index (χ3n) is 2.52. The van der Waals surface area contributed by atoms with E-state index in [9.17, 15) is 0 Å². The lowest BCUT2D eigenvalue weighted by atomic mass is 10.1. The Kier molecular flexibility index (Phi) is 6.09. The maximum Gasteiger partial charge on any atom is 0.131 e. The zero-order valence-corrected chi connectivity index (χ0v) is 11.7. The van der Waals surface area contributed by atoms with Crippen molar-refractivity contribution in [3.05, 3.63) is 22.6 Å². The van der Waals surface area contributed by atoms with Crippen molar-refractivity contribution in [1.29, 1.82) is 0 Å². The molecule has 0 aliphatic carbocycles. The number of nitrogens with one attached hydrogen (secondary N) is 1. The van der Waals surface area contributed by atoms with Gasteiger partial charge in [-0.15, -0.1) is 0 Å². The average Bonchev–Trinajstić information content (AvgIpc) is 2.64. The summed E-state index contributed by atoms with van der Waals surface area (Å²) in [5.41, 5.74) is 0. The van der Waals surface area contributed by atoms with Gasteiger partial charge in [-0.1, -0.05) is 13.8 Å². The zero-order chi connectivity index (χ0) is 12.0. The topological polar surface area (TPSA) is 34.4 Å². The fourth-order valence-electron chi connectivity index (χ4n) is 1.41. The lowest BCUT2D eigenvalue weighted by Gasteiger charge is -2.21. The van der Waals surface area contributed by atoms with E-state index in [0.29, 0.717) is 12.0 Å². The molecule has 1 rings (SSSR count). The highest BCUT2D eigenvalue weighted by atomic mass is 79.9. The van der Waals surface area contributed by atoms with Gasteiger partial charge >= 0.3 is 0 Å². The molecule has 1 aromatic rings. The summed E-state index contributed by atoms with van der Waals surface area (Å²) in [6.07, 6.45) is 1.69. The van der Waals surface area contributed by atoms with Gasteiger partial charge in [-0.3, -0.25) is 0 Å². The number of furan rings is 1. The Morgan fingerprint density at radius 2 is 2.25 bits per heavy atom. The van der Waals surface area contributed by atoms with Gasteiger partial charge in [0, 0.05) is 12.6 Å². The number of halogens is 1. The normalized spacial score (nSPS) is 13.3. The van der Waals surface area contributed by atoms with Crippen molar-refractivity contribution >= 4 is 15.9 Å². The average molecular weight is 290 g/mol. The van der Waals surface area contributed by atoms with Crippen molar-refractivity contribution < 1.29 is 9.15 Å². The molecule has 4 heteroatoms. The van der Waals surface area contributed by atoms with Gasteiger partial charge in [-0.25, -0.2) is 0 Å². The molecular weight excluding hydrogens is 270 g/mol. The molecule has 0 fully saturated rings. The molecule has 3 nitrogen and oxygen atoms in total. The van der Waals surface area contributed by atoms with Crippen LogP contribution in [-0.4, -0.2) is 19.3 Å². The smallest absolute Gasteiger partial charge is 0.131 e. The second kappa shape index (κ2) is 7.09. The molecule has 0 bridgehead atoms. The van der Waals surface area contributed by atoms with Crippen LogP contribution in [0.1, 0.15) is 26.5 Å². The van der Waals surface area contributed by atoms with Gasteiger partial charge in [0.05, 0.1) is 23.9 Å². The molecule has 1 aromatic heterocycles. The van der Waals surface area contributed by atoms with E-state index < -0.39 is 0 Å². The van der Waals surface area contributed by atoms with Crippen molar-refractivity contribution in [3.63, 3.8) is 0 Å². The SMILES string of the molecule is CCOCC(NCc1occc1Br)C(C)C. The minimum absolute atomic E-state index is 0.358. The Labute approximate surface area is 106 Å². The molecular formula is C12H20BrNO2. The standard InChI is InChI=1S/C12H20BrNO2/c1-4-15-8-11(9(2)3)14-7-12-10(13)5-6-16-12/h5-6,9,11,14H,4,7-8H2,1-3H3. The molecule has 0 radical (unpaired) electrons. The van der Waals surface area contributed by atoms with Gasteiger partial charge < -0.3 is 14.5 Å². The van der Waals surface area contributed by atoms with Gasteiger partial charge in [0.25, 0.3) is 0 Å². The molecule has 92 valence electrons. The van der Waals surface area contributed by atoms with Crippen LogP contribution in [0.25, 0.3) is 0 Å². The summed E-state index contributed by atoms with van der Waals surface area (Å²) in [5, 5.41) is 3.45. The first-order valence-electron chi connectivity index (χ1n) is 5.68. The maximum absolute atomic E-state index is 5.45. The predicted molar refractivity (Wildman–Crippen MR) is 68.4 cm³/mol. The minimum Gasteiger partial charge on any atom is -0.467 e. The highest BCUT2D eigenvalue weighted by Crippen LogP contribution is 2.17. The highest BCUT2D eigenvalue weighted by molar-refractivity contribution is 9.10. The van der Waals surface area contributed by atoms with Gasteiger partial charge in [0.15, 0.2) is 0 Å². The minimum atomic E-state index is 0.358. The number of rotatable bonds is 7. The summed E-state index contributed by atoms with van der Waals surface area (Å²) in [6, 6.07) is 2.26. The van der Waals surface area contributed by atoms with Crippen molar-refractivity contribution in [2.24, 2.45) is 5.92 Å². The number of ether oxygens (including phenoxy) is 1. The molecule has 0 aliphatic rings. The summed E-state index contributed by atoms with van der Waals surface area (Å²) < 4.78 is 11.8. The van der Waals surface area contributed by atoms with Crippen LogP contribution < -0.4 is 5.32 Å². The highest BCUT2D eigenvalue weighted by Gasteiger charge is 2.14. The zero-order valence-electron chi connectivity index (χ0n) is 10.1. The Morgan fingerprint density at radius 3 is 2.75 bits per heavy atom. The molecule has 1 N–H and O–H groups in total. The van der Waals surface area contributed by atoms with Crippen LogP contribution in [0, 0.1) is 5.92 Å². The van der Waals surface area contributed by atoms with Crippen molar-refractivity contribution in [3.8, 4) is 0 Å². The fourth-order valence-corrected chi connectivity index (χ4v) is 1.75. The molecule has 1 heterocycles. The van der Waals surface area contributed by atoms with Crippen LogP contribution in [0.4, 0.5) is 0 Å². The summed E-state index contributed by atoms with van der Waals surface area (Å²) in [5.74, 6) is 1.47. The van der Waals surface area contributed by atoms with Crippen molar-refractivity contribution in [2.75, 3.05) is 13.2 Å². The Bertz CT molecular complexity index is 299. The van der Waals surface area contributed by atoms with Crippen LogP contribution in [0.3, 0.4) is 0 Å². The van der Waals surface area contributed by atoms with E-state index in [2.05, 4.69) is 35.1 Å². The van der Waals surface area contributed by atoms with Crippen LogP contribution in [0.2, 0.25) is 0 Å². The summed E-state index contributed by atoms with van der Waals surface area (Å²) in [4.78, 5) is 0. The van der Waals surface area contributed by atoms with Gasteiger partial charge in [-0.2, -0.15) is 0 Å². The summed E-state index contributed by atoms with van der Waals surface area (Å²) in [6.45, 7) is 8.62. The Hall–Kier alpha value is -0.320. The molecule has 0 saturated carbocycles. The lowest BCUT2D eigenvalue weighted by molar-refractivity contribution is 0.107. The first-order valence-corrected chi connectivity index (χ1v) is 6.47. The Balaban J connectivity index is 2.40. The van der Waals surface area contributed by atoms with E-state index in [1.807, 2.05) is 13.0 Å². The van der Waals surface area contributed by atoms with Crippen LogP contribution in [0.15, 0.2) is 21.2 Å². The third-order valence-corrected chi connectivity index (χ3v) is 3.23. The molecule has 0 spiro atoms. The molecule has 0 aromatic carbocycles. The van der Waals surface area contributed by atoms with E-state index in [1.54, 1.807) is 6.26 Å². The molecule has 1 unspecified atom stereocenters. The van der Waals surface area contributed by atoms with E-state index in [-0.39, 0.29) is 0 Å². The Morgan fingerprint density at radius 1 is 1.50 bits per heavy atom. The maximum atomic E-state index is 5.45. The molecule has 1 atom stereocenters. The first kappa shape index (κ1) is 13.7. The predicted octanol–water partition coefficient (Wildman–Crippen LogP) is 3.19. The largest absolute Gasteiger partial charge is 0.467 e. The second-order valence-corrected chi connectivity index (χ2v) is 4.94. The molecule has 0 aliphatic heterocycles. The van der Waals surface area contributed by atoms with Crippen molar-refractivity contribution in [2.45, 2.75) is 33.4 Å². The van der Waals surface area contributed by atoms with Gasteiger partial charge in [-0.05, 0) is 34.8 Å². The van der Waals surface area contributed by atoms with E-state index in [4.69, 9.17) is 9.15 Å². The summed E-state index contributed by atoms with van der Waals surface area (Å²) >= 11 is 3.44. The van der Waals surface area contributed by atoms with Crippen molar-refractivity contribution in [1.82, 2.24) is 5.32 Å². The molecule has 0 amide bonds. The summed E-state index contributed by atoms with van der Waals surface area (Å²) in [7, 11) is 0. The quantitative estimate of drug-likeness (QED) is 0.837. The van der Waals surface area contributed by atoms with E-state index in [1.165, 1.54) is 0 Å².